The van der Waals surface area contributed by atoms with Crippen molar-refractivity contribution in [3.05, 3.63) is 53.9 Å². The van der Waals surface area contributed by atoms with Gasteiger partial charge in [0, 0.05) is 13.1 Å². The summed E-state index contributed by atoms with van der Waals surface area (Å²) in [6.45, 7) is 4.45. The van der Waals surface area contributed by atoms with Crippen LogP contribution in [-0.4, -0.2) is 57.1 Å². The molecule has 186 valence electrons. The molecule has 1 atom stereocenters. The Morgan fingerprint density at radius 3 is 2.43 bits per heavy atom. The molecule has 0 radical (unpaired) electrons. The van der Waals surface area contributed by atoms with Crippen LogP contribution in [0, 0.1) is 0 Å². The SMILES string of the molecule is C=CCn1c(=NC(=O)C2CCCN2S(=O)(=O)c2ccc(OC)cc2)sc2c(OC)ccc(OC)c21. The second-order valence-electron chi connectivity index (χ2n) is 7.83. The average Bonchev–Trinajstić information content (AvgIpc) is 3.50. The summed E-state index contributed by atoms with van der Waals surface area (Å²) in [7, 11) is 0.772. The van der Waals surface area contributed by atoms with Crippen molar-refractivity contribution >= 4 is 37.5 Å². The second-order valence-corrected chi connectivity index (χ2v) is 10.7. The Labute approximate surface area is 207 Å². The third kappa shape index (κ3) is 4.58. The fraction of sp³-hybridized carbons (Fsp3) is 0.333. The van der Waals surface area contributed by atoms with Crippen molar-refractivity contribution in [1.82, 2.24) is 8.87 Å². The molecule has 1 aromatic heterocycles. The zero-order valence-electron chi connectivity index (χ0n) is 19.8. The highest BCUT2D eigenvalue weighted by Crippen LogP contribution is 2.35. The molecule has 0 N–H and O–H groups in total. The number of aromatic nitrogens is 1. The Morgan fingerprint density at radius 1 is 1.11 bits per heavy atom. The second kappa shape index (κ2) is 10.2. The number of allylic oxidation sites excluding steroid dienone is 1. The number of carbonyl (C=O) groups is 1. The van der Waals surface area contributed by atoms with Gasteiger partial charge in [-0.25, -0.2) is 8.42 Å². The van der Waals surface area contributed by atoms with Crippen molar-refractivity contribution in [2.45, 2.75) is 30.3 Å². The molecule has 1 aliphatic heterocycles. The maximum Gasteiger partial charge on any atom is 0.266 e. The van der Waals surface area contributed by atoms with Crippen molar-refractivity contribution in [3.8, 4) is 17.2 Å². The van der Waals surface area contributed by atoms with E-state index in [1.54, 1.807) is 44.6 Å². The highest BCUT2D eigenvalue weighted by Gasteiger charge is 2.39. The molecule has 1 saturated heterocycles. The van der Waals surface area contributed by atoms with Crippen molar-refractivity contribution in [2.24, 2.45) is 4.99 Å². The molecule has 3 aromatic rings. The molecule has 0 saturated carbocycles. The Balaban J connectivity index is 1.76. The molecule has 0 bridgehead atoms. The molecular formula is C24H27N3O6S2. The average molecular weight is 518 g/mol. The van der Waals surface area contributed by atoms with Gasteiger partial charge in [0.1, 0.15) is 33.5 Å². The Kier molecular flexibility index (Phi) is 7.29. The zero-order chi connectivity index (χ0) is 25.2. The number of rotatable bonds is 8. The number of thiazole rings is 1. The standard InChI is InChI=1S/C24H27N3O6S2/c1-5-14-26-21-19(32-3)12-13-20(33-4)22(21)34-24(26)25-23(28)18-7-6-15-27(18)35(29,30)17-10-8-16(31-2)9-11-17/h5,8-13,18H,1,6-7,14-15H2,2-4H3. The molecule has 2 aromatic carbocycles. The summed E-state index contributed by atoms with van der Waals surface area (Å²) in [5.41, 5.74) is 0.734. The highest BCUT2D eigenvalue weighted by molar-refractivity contribution is 7.89. The minimum atomic E-state index is -3.88. The molecule has 0 spiro atoms. The first kappa shape index (κ1) is 25.0. The van der Waals surface area contributed by atoms with Crippen LogP contribution in [0.4, 0.5) is 0 Å². The lowest BCUT2D eigenvalue weighted by Gasteiger charge is -2.21. The van der Waals surface area contributed by atoms with Gasteiger partial charge in [0.2, 0.25) is 10.0 Å². The van der Waals surface area contributed by atoms with E-state index in [-0.39, 0.29) is 11.4 Å². The van der Waals surface area contributed by atoms with Crippen molar-refractivity contribution < 1.29 is 27.4 Å². The Morgan fingerprint density at radius 2 is 1.80 bits per heavy atom. The minimum absolute atomic E-state index is 0.107. The maximum atomic E-state index is 13.4. The van der Waals surface area contributed by atoms with Gasteiger partial charge in [0.15, 0.2) is 4.80 Å². The third-order valence-corrected chi connectivity index (χ3v) is 8.88. The van der Waals surface area contributed by atoms with Crippen LogP contribution >= 0.6 is 11.3 Å². The molecule has 9 nitrogen and oxygen atoms in total. The van der Waals surface area contributed by atoms with Crippen molar-refractivity contribution in [1.29, 1.82) is 0 Å². The first-order valence-corrected chi connectivity index (χ1v) is 13.2. The quantitative estimate of drug-likeness (QED) is 0.426. The summed E-state index contributed by atoms with van der Waals surface area (Å²) in [6.07, 6.45) is 2.67. The van der Waals surface area contributed by atoms with E-state index in [0.717, 1.165) is 10.2 Å². The van der Waals surface area contributed by atoms with Gasteiger partial charge in [0.25, 0.3) is 5.91 Å². The Bertz CT molecular complexity index is 1420. The number of nitrogens with zero attached hydrogens (tertiary/aromatic N) is 3. The van der Waals surface area contributed by atoms with E-state index in [0.29, 0.717) is 41.4 Å². The molecule has 1 unspecified atom stereocenters. The summed E-state index contributed by atoms with van der Waals surface area (Å²) < 4.78 is 46.6. The normalized spacial score (nSPS) is 17.0. The number of ether oxygens (including phenoxy) is 3. The fourth-order valence-electron chi connectivity index (χ4n) is 4.16. The van der Waals surface area contributed by atoms with Crippen LogP contribution < -0.4 is 19.0 Å². The molecule has 11 heteroatoms. The van der Waals surface area contributed by atoms with Gasteiger partial charge in [-0.1, -0.05) is 17.4 Å². The predicted molar refractivity (Wildman–Crippen MR) is 134 cm³/mol. The summed E-state index contributed by atoms with van der Waals surface area (Å²) in [6, 6.07) is 8.83. The largest absolute Gasteiger partial charge is 0.497 e. The van der Waals surface area contributed by atoms with Crippen LogP contribution in [0.15, 0.2) is 58.9 Å². The smallest absolute Gasteiger partial charge is 0.266 e. The fourth-order valence-corrected chi connectivity index (χ4v) is 6.97. The van der Waals surface area contributed by atoms with Crippen LogP contribution in [0.5, 0.6) is 17.2 Å². The van der Waals surface area contributed by atoms with Gasteiger partial charge >= 0.3 is 0 Å². The molecular weight excluding hydrogens is 490 g/mol. The van der Waals surface area contributed by atoms with E-state index in [2.05, 4.69) is 11.6 Å². The molecule has 1 fully saturated rings. The minimum Gasteiger partial charge on any atom is -0.497 e. The molecule has 2 heterocycles. The lowest BCUT2D eigenvalue weighted by molar-refractivity contribution is -0.121. The van der Waals surface area contributed by atoms with Gasteiger partial charge in [-0.05, 0) is 49.2 Å². The number of sulfonamides is 1. The number of amides is 1. The number of methoxy groups -OCH3 is 3. The van der Waals surface area contributed by atoms with Gasteiger partial charge < -0.3 is 18.8 Å². The molecule has 35 heavy (non-hydrogen) atoms. The van der Waals surface area contributed by atoms with E-state index >= 15 is 0 Å². The highest BCUT2D eigenvalue weighted by atomic mass is 32.2. The summed E-state index contributed by atoms with van der Waals surface area (Å²) in [5, 5.41) is 0. The summed E-state index contributed by atoms with van der Waals surface area (Å²) in [4.78, 5) is 18.3. The number of hydrogen-bond acceptors (Lipinski definition) is 7. The predicted octanol–water partition coefficient (Wildman–Crippen LogP) is 3.20. The van der Waals surface area contributed by atoms with E-state index in [1.165, 1.54) is 34.9 Å². The first-order valence-electron chi connectivity index (χ1n) is 11.0. The van der Waals surface area contributed by atoms with E-state index in [9.17, 15) is 13.2 Å². The van der Waals surface area contributed by atoms with Gasteiger partial charge in [-0.15, -0.1) is 6.58 Å². The van der Waals surface area contributed by atoms with Crippen LogP contribution in [0.25, 0.3) is 10.2 Å². The molecule has 0 aliphatic carbocycles. The van der Waals surface area contributed by atoms with Gasteiger partial charge in [-0.2, -0.15) is 9.30 Å². The number of hydrogen-bond donors (Lipinski definition) is 0. The third-order valence-electron chi connectivity index (χ3n) is 5.86. The van der Waals surface area contributed by atoms with E-state index in [4.69, 9.17) is 14.2 Å². The molecule has 1 amide bonds. The maximum absolute atomic E-state index is 13.4. The van der Waals surface area contributed by atoms with E-state index < -0.39 is 22.0 Å². The van der Waals surface area contributed by atoms with Gasteiger partial charge in [0.05, 0.1) is 26.2 Å². The number of benzene rings is 2. The molecule has 4 rings (SSSR count). The monoisotopic (exact) mass is 517 g/mol. The number of carbonyl (C=O) groups excluding carboxylic acids is 1. The van der Waals surface area contributed by atoms with Crippen LogP contribution in [-0.2, 0) is 21.4 Å². The number of fused-ring (bicyclic) bond motifs is 1. The lowest BCUT2D eigenvalue weighted by atomic mass is 10.2. The van der Waals surface area contributed by atoms with Crippen LogP contribution in [0.2, 0.25) is 0 Å². The lowest BCUT2D eigenvalue weighted by Crippen LogP contribution is -2.40. The molecule has 1 aliphatic rings. The van der Waals surface area contributed by atoms with Crippen LogP contribution in [0.1, 0.15) is 12.8 Å². The van der Waals surface area contributed by atoms with Crippen LogP contribution in [0.3, 0.4) is 0 Å². The van der Waals surface area contributed by atoms with Crippen molar-refractivity contribution in [2.75, 3.05) is 27.9 Å². The topological polar surface area (TPSA) is 99.4 Å². The zero-order valence-corrected chi connectivity index (χ0v) is 21.4. The van der Waals surface area contributed by atoms with Gasteiger partial charge in [-0.3, -0.25) is 4.79 Å². The first-order chi connectivity index (χ1) is 16.8. The summed E-state index contributed by atoms with van der Waals surface area (Å²) >= 11 is 1.28. The Hall–Kier alpha value is -3.15. The van der Waals surface area contributed by atoms with Crippen molar-refractivity contribution in [3.63, 3.8) is 0 Å². The summed E-state index contributed by atoms with van der Waals surface area (Å²) in [5.74, 6) is 1.27. The van der Waals surface area contributed by atoms with E-state index in [1.807, 2.05) is 4.57 Å².